The molecule has 0 heterocycles. The maximum atomic E-state index is 11.8. The number of hydrogen-bond acceptors (Lipinski definition) is 4. The number of methoxy groups -OCH3 is 1. The molecule has 0 saturated heterocycles. The number of nitrogens with two attached hydrogens (primary N) is 1. The van der Waals surface area contributed by atoms with Crippen molar-refractivity contribution >= 4 is 23.1 Å². The van der Waals surface area contributed by atoms with E-state index >= 15 is 0 Å². The van der Waals surface area contributed by atoms with Gasteiger partial charge >= 0.3 is 0 Å². The number of carbonyl (C=O) groups excluding carboxylic acids is 1. The van der Waals surface area contributed by atoms with E-state index in [1.807, 2.05) is 12.1 Å². The second kappa shape index (κ2) is 8.37. The average Bonchev–Trinajstić information content (AvgIpc) is 2.45. The third kappa shape index (κ3) is 5.88. The SMILES string of the molecule is COc1ccc(OCCC(=O)N(C)CCC(N)=S)cc1. The molecular formula is C14H20N2O3S. The monoisotopic (exact) mass is 296 g/mol. The van der Waals surface area contributed by atoms with Gasteiger partial charge in [0.2, 0.25) is 5.91 Å². The molecule has 0 aliphatic rings. The first-order valence-corrected chi connectivity index (χ1v) is 6.73. The van der Waals surface area contributed by atoms with Gasteiger partial charge in [0.25, 0.3) is 0 Å². The highest BCUT2D eigenvalue weighted by Crippen LogP contribution is 2.17. The van der Waals surface area contributed by atoms with Crippen molar-refractivity contribution in [3.63, 3.8) is 0 Å². The Bertz CT molecular complexity index is 448. The zero-order valence-corrected chi connectivity index (χ0v) is 12.6. The van der Waals surface area contributed by atoms with Crippen LogP contribution >= 0.6 is 12.2 Å². The normalized spacial score (nSPS) is 9.90. The van der Waals surface area contributed by atoms with Gasteiger partial charge in [-0.1, -0.05) is 12.2 Å². The third-order valence-corrected chi connectivity index (χ3v) is 2.97. The summed E-state index contributed by atoms with van der Waals surface area (Å²) in [7, 11) is 3.34. The Morgan fingerprint density at radius 2 is 1.85 bits per heavy atom. The van der Waals surface area contributed by atoms with Crippen LogP contribution in [0.2, 0.25) is 0 Å². The van der Waals surface area contributed by atoms with Crippen LogP contribution in [0.15, 0.2) is 24.3 Å². The summed E-state index contributed by atoms with van der Waals surface area (Å²) in [4.78, 5) is 13.8. The Balaban J connectivity index is 2.28. The number of amides is 1. The molecule has 0 aliphatic carbocycles. The van der Waals surface area contributed by atoms with Crippen molar-refractivity contribution in [1.82, 2.24) is 4.90 Å². The first-order valence-electron chi connectivity index (χ1n) is 6.32. The van der Waals surface area contributed by atoms with E-state index in [0.29, 0.717) is 36.7 Å². The Hall–Kier alpha value is -1.82. The van der Waals surface area contributed by atoms with Crippen molar-refractivity contribution in [3.05, 3.63) is 24.3 Å². The molecule has 1 aromatic rings. The van der Waals surface area contributed by atoms with E-state index in [4.69, 9.17) is 27.4 Å². The molecule has 0 aliphatic heterocycles. The van der Waals surface area contributed by atoms with Crippen LogP contribution in [0.4, 0.5) is 0 Å². The van der Waals surface area contributed by atoms with Crippen LogP contribution in [-0.2, 0) is 4.79 Å². The van der Waals surface area contributed by atoms with Crippen LogP contribution in [0.25, 0.3) is 0 Å². The number of hydrogen-bond donors (Lipinski definition) is 1. The average molecular weight is 296 g/mol. The number of carbonyl (C=O) groups is 1. The lowest BCUT2D eigenvalue weighted by Crippen LogP contribution is -2.30. The van der Waals surface area contributed by atoms with Gasteiger partial charge in [-0.15, -0.1) is 0 Å². The molecule has 0 bridgehead atoms. The minimum Gasteiger partial charge on any atom is -0.497 e. The summed E-state index contributed by atoms with van der Waals surface area (Å²) < 4.78 is 10.6. The third-order valence-electron chi connectivity index (χ3n) is 2.76. The Morgan fingerprint density at radius 1 is 1.25 bits per heavy atom. The summed E-state index contributed by atoms with van der Waals surface area (Å²) >= 11 is 4.78. The highest BCUT2D eigenvalue weighted by atomic mass is 32.1. The van der Waals surface area contributed by atoms with Crippen LogP contribution in [0.3, 0.4) is 0 Å². The number of nitrogens with zero attached hydrogens (tertiary/aromatic N) is 1. The number of ether oxygens (including phenoxy) is 2. The molecular weight excluding hydrogens is 276 g/mol. The molecule has 20 heavy (non-hydrogen) atoms. The summed E-state index contributed by atoms with van der Waals surface area (Å²) in [5.74, 6) is 1.49. The van der Waals surface area contributed by atoms with Crippen molar-refractivity contribution in [2.45, 2.75) is 12.8 Å². The number of thiocarbonyl (C=S) groups is 1. The molecule has 0 atom stereocenters. The topological polar surface area (TPSA) is 64.8 Å². The lowest BCUT2D eigenvalue weighted by atomic mass is 10.3. The molecule has 0 unspecified atom stereocenters. The van der Waals surface area contributed by atoms with Crippen molar-refractivity contribution in [2.24, 2.45) is 5.73 Å². The van der Waals surface area contributed by atoms with E-state index in [1.165, 1.54) is 0 Å². The van der Waals surface area contributed by atoms with Crippen molar-refractivity contribution in [1.29, 1.82) is 0 Å². The van der Waals surface area contributed by atoms with Crippen LogP contribution in [0, 0.1) is 0 Å². The van der Waals surface area contributed by atoms with E-state index in [1.54, 1.807) is 31.2 Å². The number of benzene rings is 1. The van der Waals surface area contributed by atoms with E-state index in [0.717, 1.165) is 5.75 Å². The molecule has 0 fully saturated rings. The van der Waals surface area contributed by atoms with Gasteiger partial charge in [0.1, 0.15) is 11.5 Å². The summed E-state index contributed by atoms with van der Waals surface area (Å²) in [5, 5.41) is 0. The van der Waals surface area contributed by atoms with Gasteiger partial charge in [-0.3, -0.25) is 4.79 Å². The predicted molar refractivity (Wildman–Crippen MR) is 82.1 cm³/mol. The first kappa shape index (κ1) is 16.2. The highest BCUT2D eigenvalue weighted by Gasteiger charge is 2.08. The van der Waals surface area contributed by atoms with E-state index < -0.39 is 0 Å². The predicted octanol–water partition coefficient (Wildman–Crippen LogP) is 1.60. The molecule has 5 nitrogen and oxygen atoms in total. The molecule has 0 saturated carbocycles. The molecule has 0 radical (unpaired) electrons. The van der Waals surface area contributed by atoms with Gasteiger partial charge in [0, 0.05) is 20.0 Å². The minimum atomic E-state index is 0.00904. The molecule has 1 amide bonds. The van der Waals surface area contributed by atoms with Crippen molar-refractivity contribution in [2.75, 3.05) is 27.3 Å². The van der Waals surface area contributed by atoms with Crippen molar-refractivity contribution in [3.8, 4) is 11.5 Å². The second-order valence-corrected chi connectivity index (χ2v) is 4.83. The summed E-state index contributed by atoms with van der Waals surface area (Å²) in [6, 6.07) is 7.23. The molecule has 110 valence electrons. The van der Waals surface area contributed by atoms with Gasteiger partial charge in [0.05, 0.1) is 25.1 Å². The van der Waals surface area contributed by atoms with Crippen molar-refractivity contribution < 1.29 is 14.3 Å². The molecule has 0 aromatic heterocycles. The Kier molecular flexibility index (Phi) is 6.79. The quantitative estimate of drug-likeness (QED) is 0.738. The maximum Gasteiger partial charge on any atom is 0.225 e. The summed E-state index contributed by atoms with van der Waals surface area (Å²) in [6.07, 6.45) is 0.858. The molecule has 1 aromatic carbocycles. The van der Waals surface area contributed by atoms with Crippen LogP contribution < -0.4 is 15.2 Å². The van der Waals surface area contributed by atoms with Crippen LogP contribution in [0.1, 0.15) is 12.8 Å². The standard InChI is InChI=1S/C14H20N2O3S/c1-16(9-7-13(15)20)14(17)8-10-19-12-5-3-11(18-2)4-6-12/h3-6H,7-10H2,1-2H3,(H2,15,20). The minimum absolute atomic E-state index is 0.00904. The Labute approximate surface area is 124 Å². The highest BCUT2D eigenvalue weighted by molar-refractivity contribution is 7.80. The second-order valence-electron chi connectivity index (χ2n) is 4.31. The fourth-order valence-electron chi connectivity index (χ4n) is 1.52. The molecule has 1 rings (SSSR count). The van der Waals surface area contributed by atoms with Crippen LogP contribution in [-0.4, -0.2) is 43.1 Å². The smallest absolute Gasteiger partial charge is 0.225 e. The van der Waals surface area contributed by atoms with Gasteiger partial charge in [-0.05, 0) is 24.3 Å². The van der Waals surface area contributed by atoms with E-state index in [2.05, 4.69) is 0 Å². The molecule has 0 spiro atoms. The summed E-state index contributed by atoms with van der Waals surface area (Å²) in [6.45, 7) is 0.874. The molecule has 2 N–H and O–H groups in total. The van der Waals surface area contributed by atoms with E-state index in [9.17, 15) is 4.79 Å². The largest absolute Gasteiger partial charge is 0.497 e. The van der Waals surface area contributed by atoms with Gasteiger partial charge < -0.3 is 20.1 Å². The first-order chi connectivity index (χ1) is 9.52. The number of rotatable bonds is 8. The zero-order chi connectivity index (χ0) is 15.0. The maximum absolute atomic E-state index is 11.8. The van der Waals surface area contributed by atoms with Gasteiger partial charge in [-0.25, -0.2) is 0 Å². The Morgan fingerprint density at radius 3 is 2.40 bits per heavy atom. The zero-order valence-electron chi connectivity index (χ0n) is 11.8. The summed E-state index contributed by atoms with van der Waals surface area (Å²) in [5.41, 5.74) is 5.40. The fraction of sp³-hybridized carbons (Fsp3) is 0.429. The lowest BCUT2D eigenvalue weighted by Gasteiger charge is -2.16. The molecule has 6 heteroatoms. The van der Waals surface area contributed by atoms with Gasteiger partial charge in [-0.2, -0.15) is 0 Å². The fourth-order valence-corrected chi connectivity index (χ4v) is 1.61. The van der Waals surface area contributed by atoms with E-state index in [-0.39, 0.29) is 5.91 Å². The lowest BCUT2D eigenvalue weighted by molar-refractivity contribution is -0.130. The van der Waals surface area contributed by atoms with Gasteiger partial charge in [0.15, 0.2) is 0 Å². The van der Waals surface area contributed by atoms with Crippen LogP contribution in [0.5, 0.6) is 11.5 Å².